The van der Waals surface area contributed by atoms with E-state index in [4.69, 9.17) is 30.4 Å². The summed E-state index contributed by atoms with van der Waals surface area (Å²) in [5.41, 5.74) is 15.2. The van der Waals surface area contributed by atoms with Crippen LogP contribution in [0.15, 0.2) is 48.2 Å². The highest BCUT2D eigenvalue weighted by Crippen LogP contribution is 2.35. The van der Waals surface area contributed by atoms with E-state index in [0.717, 1.165) is 22.3 Å². The highest BCUT2D eigenvalue weighted by molar-refractivity contribution is 6.17. The number of rotatable bonds is 10. The van der Waals surface area contributed by atoms with Crippen LogP contribution in [0, 0.1) is 0 Å². The first-order chi connectivity index (χ1) is 17.8. The Hall–Kier alpha value is -4.60. The molecule has 0 radical (unpaired) electrons. The summed E-state index contributed by atoms with van der Waals surface area (Å²) < 4.78 is 21.2. The van der Waals surface area contributed by atoms with Crippen LogP contribution >= 0.6 is 0 Å². The minimum atomic E-state index is -0.757. The number of esters is 2. The predicted molar refractivity (Wildman–Crippen MR) is 140 cm³/mol. The highest BCUT2D eigenvalue weighted by atomic mass is 16.6. The summed E-state index contributed by atoms with van der Waals surface area (Å²) in [6.45, 7) is 3.58. The van der Waals surface area contributed by atoms with Gasteiger partial charge >= 0.3 is 11.9 Å². The van der Waals surface area contributed by atoms with E-state index in [9.17, 15) is 9.59 Å². The van der Waals surface area contributed by atoms with E-state index < -0.39 is 11.9 Å². The first-order valence-electron chi connectivity index (χ1n) is 11.6. The summed E-state index contributed by atoms with van der Waals surface area (Å²) in [7, 11) is 3.12. The average Bonchev–Trinajstić information content (AvgIpc) is 2.88. The van der Waals surface area contributed by atoms with E-state index in [1.807, 2.05) is 24.3 Å². The number of nitrogen functional groups attached to an aromatic ring is 2. The number of ether oxygens (including phenoxy) is 4. The monoisotopic (exact) mass is 506 g/mol. The largest absolute Gasteiger partial charge is 0.497 e. The molecule has 0 aliphatic heterocycles. The normalized spacial score (nSPS) is 10.4. The molecule has 10 nitrogen and oxygen atoms in total. The maximum atomic E-state index is 12.3. The van der Waals surface area contributed by atoms with Gasteiger partial charge in [-0.15, -0.1) is 0 Å². The molecule has 0 saturated heterocycles. The van der Waals surface area contributed by atoms with Gasteiger partial charge in [-0.05, 0) is 54.8 Å². The number of nitrogens with two attached hydrogens (primary N) is 2. The molecule has 10 heteroatoms. The molecule has 37 heavy (non-hydrogen) atoms. The Morgan fingerprint density at radius 1 is 0.946 bits per heavy atom. The molecule has 1 heterocycles. The van der Waals surface area contributed by atoms with E-state index in [-0.39, 0.29) is 24.7 Å². The van der Waals surface area contributed by atoms with Crippen molar-refractivity contribution in [1.29, 1.82) is 0 Å². The molecule has 1 aromatic heterocycles. The van der Waals surface area contributed by atoms with Crippen molar-refractivity contribution in [1.82, 2.24) is 9.97 Å². The van der Waals surface area contributed by atoms with Crippen LogP contribution in [-0.4, -0.2) is 49.3 Å². The summed E-state index contributed by atoms with van der Waals surface area (Å²) in [5, 5.41) is 0. The Morgan fingerprint density at radius 3 is 2.24 bits per heavy atom. The standard InChI is InChI=1S/C27H30N4O6/c1-5-36-25(32)22(26(33)37-6-2)12-16-7-8-21(23(13-16)35-4)18-9-17(11-20(14-18)34-3)10-19-15-30-27(29)31-24(19)28/h7-9,11-15H,5-6,10H2,1-4H3,(H4,28,29,30,31). The molecule has 3 aromatic rings. The average molecular weight is 507 g/mol. The third-order valence-corrected chi connectivity index (χ3v) is 5.35. The van der Waals surface area contributed by atoms with E-state index in [1.54, 1.807) is 39.3 Å². The van der Waals surface area contributed by atoms with Gasteiger partial charge in [0.2, 0.25) is 5.95 Å². The molecule has 0 saturated carbocycles. The second kappa shape index (κ2) is 12.4. The molecule has 4 N–H and O–H groups in total. The van der Waals surface area contributed by atoms with Gasteiger partial charge in [0.15, 0.2) is 0 Å². The molecule has 0 fully saturated rings. The SMILES string of the molecule is CCOC(=O)C(=Cc1ccc(-c2cc(Cc3cnc(N)nc3N)cc(OC)c2)c(OC)c1)C(=O)OCC. The van der Waals surface area contributed by atoms with Gasteiger partial charge in [0, 0.05) is 23.7 Å². The van der Waals surface area contributed by atoms with Crippen molar-refractivity contribution in [3.63, 3.8) is 0 Å². The van der Waals surface area contributed by atoms with Crippen LogP contribution in [0.4, 0.5) is 11.8 Å². The molecule has 3 rings (SSSR count). The summed E-state index contributed by atoms with van der Waals surface area (Å²) in [6.07, 6.45) is 3.48. The molecular weight excluding hydrogens is 476 g/mol. The number of carbonyl (C=O) groups excluding carboxylic acids is 2. The minimum absolute atomic E-state index is 0.112. The fourth-order valence-corrected chi connectivity index (χ4v) is 3.65. The molecule has 0 spiro atoms. The molecule has 0 aliphatic carbocycles. The zero-order chi connectivity index (χ0) is 26.9. The van der Waals surface area contributed by atoms with Gasteiger partial charge in [0.1, 0.15) is 22.9 Å². The zero-order valence-electron chi connectivity index (χ0n) is 21.2. The van der Waals surface area contributed by atoms with Crippen LogP contribution in [0.1, 0.15) is 30.5 Å². The van der Waals surface area contributed by atoms with Gasteiger partial charge in [0.25, 0.3) is 0 Å². The second-order valence-electron chi connectivity index (χ2n) is 7.84. The number of aromatic nitrogens is 2. The van der Waals surface area contributed by atoms with Crippen molar-refractivity contribution >= 4 is 29.8 Å². The van der Waals surface area contributed by atoms with Gasteiger partial charge in [0.05, 0.1) is 27.4 Å². The number of hydrogen-bond acceptors (Lipinski definition) is 10. The van der Waals surface area contributed by atoms with Crippen molar-refractivity contribution in [2.24, 2.45) is 0 Å². The molecule has 194 valence electrons. The van der Waals surface area contributed by atoms with Crippen LogP contribution in [-0.2, 0) is 25.5 Å². The van der Waals surface area contributed by atoms with Crippen LogP contribution in [0.3, 0.4) is 0 Å². The van der Waals surface area contributed by atoms with Crippen LogP contribution in [0.2, 0.25) is 0 Å². The number of methoxy groups -OCH3 is 2. The van der Waals surface area contributed by atoms with Crippen molar-refractivity contribution in [2.45, 2.75) is 20.3 Å². The molecule has 0 aliphatic rings. The molecule has 2 aromatic carbocycles. The fraction of sp³-hybridized carbons (Fsp3) is 0.259. The first kappa shape index (κ1) is 27.0. The van der Waals surface area contributed by atoms with E-state index in [1.165, 1.54) is 13.2 Å². The summed E-state index contributed by atoms with van der Waals surface area (Å²) in [6, 6.07) is 11.1. The van der Waals surface area contributed by atoms with Gasteiger partial charge in [-0.2, -0.15) is 4.98 Å². The van der Waals surface area contributed by atoms with E-state index in [2.05, 4.69) is 9.97 Å². The number of nitrogens with zero attached hydrogens (tertiary/aromatic N) is 2. The van der Waals surface area contributed by atoms with Gasteiger partial charge in [-0.25, -0.2) is 14.6 Å². The second-order valence-corrected chi connectivity index (χ2v) is 7.84. The smallest absolute Gasteiger partial charge is 0.345 e. The Kier molecular flexibility index (Phi) is 9.04. The molecule has 0 atom stereocenters. The summed E-state index contributed by atoms with van der Waals surface area (Å²) >= 11 is 0. The molecule has 0 amide bonds. The number of hydrogen-bond donors (Lipinski definition) is 2. The number of benzene rings is 2. The van der Waals surface area contributed by atoms with E-state index >= 15 is 0 Å². The fourth-order valence-electron chi connectivity index (χ4n) is 3.65. The van der Waals surface area contributed by atoms with Crippen LogP contribution < -0.4 is 20.9 Å². The third-order valence-electron chi connectivity index (χ3n) is 5.35. The maximum absolute atomic E-state index is 12.3. The Morgan fingerprint density at radius 2 is 1.65 bits per heavy atom. The molecule has 0 unspecified atom stereocenters. The van der Waals surface area contributed by atoms with Crippen LogP contribution in [0.25, 0.3) is 17.2 Å². The van der Waals surface area contributed by atoms with E-state index in [0.29, 0.717) is 29.3 Å². The quantitative estimate of drug-likeness (QED) is 0.181. The highest BCUT2D eigenvalue weighted by Gasteiger charge is 2.21. The van der Waals surface area contributed by atoms with Crippen LogP contribution in [0.5, 0.6) is 11.5 Å². The van der Waals surface area contributed by atoms with Crippen molar-refractivity contribution < 1.29 is 28.5 Å². The van der Waals surface area contributed by atoms with Crippen molar-refractivity contribution in [3.8, 4) is 22.6 Å². The van der Waals surface area contributed by atoms with Gasteiger partial charge < -0.3 is 30.4 Å². The molecular formula is C27H30N4O6. The lowest BCUT2D eigenvalue weighted by atomic mass is 9.97. The van der Waals surface area contributed by atoms with Gasteiger partial charge in [-0.1, -0.05) is 18.2 Å². The third kappa shape index (κ3) is 6.75. The topological polar surface area (TPSA) is 149 Å². The lowest BCUT2D eigenvalue weighted by Crippen LogP contribution is -2.18. The lowest BCUT2D eigenvalue weighted by molar-refractivity contribution is -0.146. The van der Waals surface area contributed by atoms with Crippen molar-refractivity contribution in [3.05, 3.63) is 64.9 Å². The Labute approximate surface area is 215 Å². The number of anilines is 2. The Balaban J connectivity index is 2.02. The predicted octanol–water partition coefficient (Wildman–Crippen LogP) is 3.43. The summed E-state index contributed by atoms with van der Waals surface area (Å²) in [5.74, 6) is 0.0700. The Bertz CT molecular complexity index is 1300. The first-order valence-corrected chi connectivity index (χ1v) is 11.6. The van der Waals surface area contributed by atoms with Gasteiger partial charge in [-0.3, -0.25) is 0 Å². The minimum Gasteiger partial charge on any atom is -0.497 e. The molecule has 0 bridgehead atoms. The van der Waals surface area contributed by atoms with Crippen molar-refractivity contribution in [2.75, 3.05) is 38.9 Å². The number of carbonyl (C=O) groups is 2. The summed E-state index contributed by atoms with van der Waals surface area (Å²) in [4.78, 5) is 32.7. The lowest BCUT2D eigenvalue weighted by Gasteiger charge is -2.14. The zero-order valence-corrected chi connectivity index (χ0v) is 21.2. The maximum Gasteiger partial charge on any atom is 0.345 e.